The van der Waals surface area contributed by atoms with E-state index in [-0.39, 0.29) is 11.9 Å². The lowest BCUT2D eigenvalue weighted by Crippen LogP contribution is -2.43. The largest absolute Gasteiger partial charge is 0.325 e. The fraction of sp³-hybridized carbons (Fsp3) is 0.387. The van der Waals surface area contributed by atoms with Gasteiger partial charge in [0.15, 0.2) is 0 Å². The van der Waals surface area contributed by atoms with Gasteiger partial charge in [-0.1, -0.05) is 48.0 Å². The van der Waals surface area contributed by atoms with E-state index in [1.54, 1.807) is 11.8 Å². The molecule has 0 aliphatic carbocycles. The molecule has 37 heavy (non-hydrogen) atoms. The number of nitrogens with zero attached hydrogens (tertiary/aromatic N) is 1. The predicted octanol–water partition coefficient (Wildman–Crippen LogP) is 7.26. The molecule has 0 saturated carbocycles. The molecule has 1 atom stereocenters. The van der Waals surface area contributed by atoms with Crippen LogP contribution in [-0.2, 0) is 11.3 Å². The van der Waals surface area contributed by atoms with Crippen LogP contribution in [0.4, 0.5) is 5.69 Å². The summed E-state index contributed by atoms with van der Waals surface area (Å²) in [6.07, 6.45) is 5.49. The molecule has 2 N–H and O–H groups in total. The number of hydrogen-bond donors (Lipinski definition) is 2. The maximum atomic E-state index is 12.7. The summed E-state index contributed by atoms with van der Waals surface area (Å²) in [7, 11) is 0. The number of anilines is 1. The van der Waals surface area contributed by atoms with Crippen LogP contribution in [0.25, 0.3) is 0 Å². The molecular formula is C31H36ClN3OS. The van der Waals surface area contributed by atoms with Crippen LogP contribution in [0.15, 0.2) is 76.5 Å². The molecule has 2 saturated heterocycles. The summed E-state index contributed by atoms with van der Waals surface area (Å²) in [6, 6.07) is 23.3. The molecule has 1 amide bonds. The van der Waals surface area contributed by atoms with Gasteiger partial charge in [0.1, 0.15) is 0 Å². The van der Waals surface area contributed by atoms with Gasteiger partial charge in [-0.25, -0.2) is 0 Å². The van der Waals surface area contributed by atoms with Crippen LogP contribution in [-0.4, -0.2) is 36.5 Å². The number of carbonyl (C=O) groups excluding carboxylic acids is 1. The van der Waals surface area contributed by atoms with E-state index in [1.165, 1.54) is 26.5 Å². The molecule has 5 rings (SSSR count). The zero-order valence-electron chi connectivity index (χ0n) is 21.5. The monoisotopic (exact) mass is 533 g/mol. The van der Waals surface area contributed by atoms with Gasteiger partial charge in [0.2, 0.25) is 5.91 Å². The van der Waals surface area contributed by atoms with Crippen molar-refractivity contribution in [3.8, 4) is 0 Å². The Morgan fingerprint density at radius 2 is 1.68 bits per heavy atom. The zero-order chi connectivity index (χ0) is 25.6. The first-order valence-electron chi connectivity index (χ1n) is 13.4. The first-order chi connectivity index (χ1) is 18.0. The molecule has 0 spiro atoms. The van der Waals surface area contributed by atoms with Crippen molar-refractivity contribution in [3.05, 3.63) is 88.4 Å². The first-order valence-corrected chi connectivity index (χ1v) is 14.6. The highest BCUT2D eigenvalue weighted by atomic mass is 35.5. The zero-order valence-corrected chi connectivity index (χ0v) is 23.1. The number of piperidine rings is 2. The highest BCUT2D eigenvalue weighted by Gasteiger charge is 2.24. The third-order valence-corrected chi connectivity index (χ3v) is 8.85. The molecule has 2 aliphatic heterocycles. The van der Waals surface area contributed by atoms with Crippen molar-refractivity contribution in [1.29, 1.82) is 0 Å². The van der Waals surface area contributed by atoms with Gasteiger partial charge in [0, 0.05) is 27.0 Å². The Kier molecular flexibility index (Phi) is 8.88. The number of rotatable bonds is 7. The van der Waals surface area contributed by atoms with Crippen LogP contribution < -0.4 is 10.6 Å². The number of nitrogens with one attached hydrogen (secondary N) is 2. The second kappa shape index (κ2) is 12.5. The molecule has 0 radical (unpaired) electrons. The number of hydrogen-bond acceptors (Lipinski definition) is 4. The Bertz CT molecular complexity index is 1180. The van der Waals surface area contributed by atoms with Crippen molar-refractivity contribution in [2.75, 3.05) is 25.0 Å². The molecule has 3 aromatic rings. The normalized spacial score (nSPS) is 19.0. The number of likely N-dealkylation sites (tertiary alicyclic amines) is 1. The molecule has 0 bridgehead atoms. The van der Waals surface area contributed by atoms with E-state index in [4.69, 9.17) is 11.6 Å². The van der Waals surface area contributed by atoms with E-state index in [1.807, 2.05) is 18.2 Å². The fourth-order valence-corrected chi connectivity index (χ4v) is 6.37. The molecule has 2 fully saturated rings. The number of benzene rings is 3. The summed E-state index contributed by atoms with van der Waals surface area (Å²) in [5, 5.41) is 7.28. The SMILES string of the molecule is Cc1ccc(NC(=O)[C@@H]2CCCCN2)cc1C1CCN(Cc2ccc(Sc3ccc(Cl)cc3)cc2)CC1. The molecule has 194 valence electrons. The number of aryl methyl sites for hydroxylation is 1. The van der Waals surface area contributed by atoms with Gasteiger partial charge in [0.05, 0.1) is 6.04 Å². The van der Waals surface area contributed by atoms with Gasteiger partial charge in [0.25, 0.3) is 0 Å². The lowest BCUT2D eigenvalue weighted by Gasteiger charge is -2.33. The Hall–Kier alpha value is -2.31. The van der Waals surface area contributed by atoms with Crippen LogP contribution in [0.3, 0.4) is 0 Å². The average molecular weight is 534 g/mol. The minimum Gasteiger partial charge on any atom is -0.325 e. The number of amides is 1. The Morgan fingerprint density at radius 1 is 0.973 bits per heavy atom. The van der Waals surface area contributed by atoms with Crippen molar-refractivity contribution in [2.24, 2.45) is 0 Å². The van der Waals surface area contributed by atoms with Gasteiger partial charge < -0.3 is 10.6 Å². The summed E-state index contributed by atoms with van der Waals surface area (Å²) < 4.78 is 0. The number of halogens is 1. The molecule has 4 nitrogen and oxygen atoms in total. The van der Waals surface area contributed by atoms with Crippen molar-refractivity contribution >= 4 is 35.0 Å². The van der Waals surface area contributed by atoms with E-state index in [0.29, 0.717) is 5.92 Å². The molecular weight excluding hydrogens is 498 g/mol. The van der Waals surface area contributed by atoms with Crippen LogP contribution in [0.5, 0.6) is 0 Å². The molecule has 6 heteroatoms. The van der Waals surface area contributed by atoms with Gasteiger partial charge in [-0.2, -0.15) is 0 Å². The summed E-state index contributed by atoms with van der Waals surface area (Å²) in [5.41, 5.74) is 4.99. The van der Waals surface area contributed by atoms with E-state index in [0.717, 1.165) is 69.0 Å². The second-order valence-corrected chi connectivity index (χ2v) is 11.9. The van der Waals surface area contributed by atoms with Gasteiger partial charge in [-0.05, 0) is 123 Å². The third kappa shape index (κ3) is 7.17. The van der Waals surface area contributed by atoms with Crippen molar-refractivity contribution in [2.45, 2.75) is 67.3 Å². The summed E-state index contributed by atoms with van der Waals surface area (Å²) >= 11 is 7.76. The predicted molar refractivity (Wildman–Crippen MR) is 155 cm³/mol. The van der Waals surface area contributed by atoms with Gasteiger partial charge in [-0.15, -0.1) is 0 Å². The minimum atomic E-state index is -0.0631. The lowest BCUT2D eigenvalue weighted by molar-refractivity contribution is -0.118. The van der Waals surface area contributed by atoms with Crippen LogP contribution in [0.2, 0.25) is 5.02 Å². The Balaban J connectivity index is 1.13. The molecule has 0 aromatic heterocycles. The summed E-state index contributed by atoms with van der Waals surface area (Å²) in [4.78, 5) is 17.7. The molecule has 0 unspecified atom stereocenters. The maximum Gasteiger partial charge on any atom is 0.241 e. The fourth-order valence-electron chi connectivity index (χ4n) is 5.42. The van der Waals surface area contributed by atoms with E-state index < -0.39 is 0 Å². The maximum absolute atomic E-state index is 12.7. The smallest absolute Gasteiger partial charge is 0.241 e. The highest BCUT2D eigenvalue weighted by Crippen LogP contribution is 2.33. The van der Waals surface area contributed by atoms with Gasteiger partial charge in [-0.3, -0.25) is 9.69 Å². The van der Waals surface area contributed by atoms with Crippen LogP contribution in [0, 0.1) is 6.92 Å². The average Bonchev–Trinajstić information content (AvgIpc) is 2.93. The summed E-state index contributed by atoms with van der Waals surface area (Å²) in [5.74, 6) is 0.640. The minimum absolute atomic E-state index is 0.0631. The first kappa shape index (κ1) is 26.3. The molecule has 3 aromatic carbocycles. The quantitative estimate of drug-likeness (QED) is 0.335. The van der Waals surface area contributed by atoms with E-state index >= 15 is 0 Å². The van der Waals surface area contributed by atoms with Gasteiger partial charge >= 0.3 is 0 Å². The van der Waals surface area contributed by atoms with E-state index in [2.05, 4.69) is 71.0 Å². The molecule has 2 aliphatic rings. The third-order valence-electron chi connectivity index (χ3n) is 7.58. The molecule has 2 heterocycles. The van der Waals surface area contributed by atoms with Crippen molar-refractivity contribution < 1.29 is 4.79 Å². The van der Waals surface area contributed by atoms with Crippen molar-refractivity contribution in [3.63, 3.8) is 0 Å². The topological polar surface area (TPSA) is 44.4 Å². The van der Waals surface area contributed by atoms with E-state index in [9.17, 15) is 4.79 Å². The van der Waals surface area contributed by atoms with Crippen LogP contribution in [0.1, 0.15) is 54.7 Å². The Morgan fingerprint density at radius 3 is 2.35 bits per heavy atom. The van der Waals surface area contributed by atoms with Crippen LogP contribution >= 0.6 is 23.4 Å². The Labute approximate surface area is 230 Å². The lowest BCUT2D eigenvalue weighted by atomic mass is 9.86. The standard InChI is InChI=1S/C31H36ClN3OS/c1-22-5-10-26(34-31(36)30-4-2-3-17-33-30)20-29(22)24-15-18-35(19-16-24)21-23-6-11-27(12-7-23)37-28-13-8-25(32)9-14-28/h5-14,20,24,30,33H,2-4,15-19,21H2,1H3,(H,34,36)/t30-/m0/s1. The van der Waals surface area contributed by atoms with Crippen molar-refractivity contribution in [1.82, 2.24) is 10.2 Å². The second-order valence-electron chi connectivity index (χ2n) is 10.3. The number of carbonyl (C=O) groups is 1. The summed E-state index contributed by atoms with van der Waals surface area (Å²) in [6.45, 7) is 6.30. The highest BCUT2D eigenvalue weighted by molar-refractivity contribution is 7.99.